The maximum atomic E-state index is 13.5. The van der Waals surface area contributed by atoms with Crippen LogP contribution in [0.3, 0.4) is 0 Å². The molecular weight excluding hydrogens is 561 g/mol. The molecule has 0 N–H and O–H groups in total. The van der Waals surface area contributed by atoms with Crippen LogP contribution in [0.5, 0.6) is 0 Å². The predicted molar refractivity (Wildman–Crippen MR) is 130 cm³/mol. The zero-order valence-electron chi connectivity index (χ0n) is 17.8. The fraction of sp³-hybridized carbons (Fsp3) is 0.227. The third-order valence-corrected chi connectivity index (χ3v) is 6.69. The van der Waals surface area contributed by atoms with E-state index in [0.29, 0.717) is 35.7 Å². The summed E-state index contributed by atoms with van der Waals surface area (Å²) >= 11 is 3.19. The van der Waals surface area contributed by atoms with Crippen molar-refractivity contribution in [3.05, 3.63) is 92.1 Å². The second kappa shape index (κ2) is 9.06. The van der Waals surface area contributed by atoms with Crippen LogP contribution in [0.2, 0.25) is 0 Å². The van der Waals surface area contributed by atoms with Gasteiger partial charge in [0.1, 0.15) is 5.76 Å². The normalized spacial score (nSPS) is 15.9. The molecule has 33 heavy (non-hydrogen) atoms. The lowest BCUT2D eigenvalue weighted by atomic mass is 9.94. The van der Waals surface area contributed by atoms with Gasteiger partial charge in [-0.2, -0.15) is 0 Å². The third-order valence-electron chi connectivity index (χ3n) is 5.13. The number of fused-ring (bicyclic) bond motifs is 1. The molecule has 11 heteroatoms. The van der Waals surface area contributed by atoms with E-state index in [1.807, 2.05) is 22.6 Å². The Morgan fingerprint density at radius 2 is 2.12 bits per heavy atom. The van der Waals surface area contributed by atoms with Gasteiger partial charge in [0.05, 0.1) is 33.4 Å². The number of rotatable bonds is 5. The minimum atomic E-state index is -0.918. The molecule has 1 aliphatic rings. The number of furan rings is 1. The smallest absolute Gasteiger partial charge is 0.338 e. The summed E-state index contributed by atoms with van der Waals surface area (Å²) in [7, 11) is 0. The molecule has 0 bridgehead atoms. The molecule has 0 saturated carbocycles. The molecule has 0 unspecified atom stereocenters. The summed E-state index contributed by atoms with van der Waals surface area (Å²) in [4.78, 5) is 42.3. The van der Waals surface area contributed by atoms with E-state index in [1.54, 1.807) is 51.1 Å². The lowest BCUT2D eigenvalue weighted by molar-refractivity contribution is -0.385. The SMILES string of the molecule is CCOC(=O)C1=C(C)N=c2s/c(=C/c3ccc(I)o3)c(=O)n2[C@H]1c1ccc(C)c([N+](=O)[O-])c1. The Bertz CT molecular complexity index is 1500. The number of halogens is 1. The van der Waals surface area contributed by atoms with E-state index in [0.717, 1.165) is 11.3 Å². The molecule has 0 saturated heterocycles. The molecular formula is C22H18IN3O6S. The Hall–Kier alpha value is -3.06. The molecule has 1 aliphatic heterocycles. The number of carbonyl (C=O) groups excluding carboxylic acids is 1. The highest BCUT2D eigenvalue weighted by Gasteiger charge is 2.34. The van der Waals surface area contributed by atoms with Crippen LogP contribution in [0.1, 0.15) is 36.8 Å². The number of thiazole rings is 1. The van der Waals surface area contributed by atoms with Gasteiger partial charge in [0.2, 0.25) is 0 Å². The van der Waals surface area contributed by atoms with E-state index >= 15 is 0 Å². The number of ether oxygens (including phenoxy) is 1. The molecule has 0 radical (unpaired) electrons. The Labute approximate surface area is 205 Å². The monoisotopic (exact) mass is 579 g/mol. The quantitative estimate of drug-likeness (QED) is 0.198. The zero-order chi connectivity index (χ0) is 23.9. The van der Waals surface area contributed by atoms with Crippen molar-refractivity contribution >= 4 is 51.7 Å². The number of hydrogen-bond donors (Lipinski definition) is 0. The van der Waals surface area contributed by atoms with Gasteiger partial charge in [0.25, 0.3) is 11.2 Å². The van der Waals surface area contributed by atoms with Crippen LogP contribution in [0.15, 0.2) is 55.8 Å². The summed E-state index contributed by atoms with van der Waals surface area (Å²) in [5.41, 5.74) is 0.973. The van der Waals surface area contributed by atoms with Crippen LogP contribution in [0, 0.1) is 20.8 Å². The molecule has 0 fully saturated rings. The molecule has 3 aromatic rings. The first-order chi connectivity index (χ1) is 15.7. The Morgan fingerprint density at radius 3 is 2.76 bits per heavy atom. The standard InChI is InChI=1S/C22H18IN3O6S/c1-4-31-21(28)18-12(3)24-22-25(19(18)13-6-5-11(2)15(9-13)26(29)30)20(27)16(33-22)10-14-7-8-17(23)32-14/h5-10,19H,4H2,1-3H3/b16-10+/t19-/m0/s1. The number of hydrogen-bond acceptors (Lipinski definition) is 8. The maximum absolute atomic E-state index is 13.5. The van der Waals surface area contributed by atoms with Gasteiger partial charge < -0.3 is 9.15 Å². The first-order valence-electron chi connectivity index (χ1n) is 9.91. The fourth-order valence-corrected chi connectivity index (χ4v) is 5.10. The number of nitrogens with zero attached hydrogens (tertiary/aromatic N) is 3. The van der Waals surface area contributed by atoms with Crippen molar-refractivity contribution in [1.29, 1.82) is 0 Å². The lowest BCUT2D eigenvalue weighted by Crippen LogP contribution is -2.40. The largest absolute Gasteiger partial charge is 0.463 e. The van der Waals surface area contributed by atoms with Gasteiger partial charge in [0.15, 0.2) is 8.57 Å². The first-order valence-corrected chi connectivity index (χ1v) is 11.8. The number of nitro benzene ring substituents is 1. The van der Waals surface area contributed by atoms with E-state index in [-0.39, 0.29) is 23.4 Å². The number of esters is 1. The van der Waals surface area contributed by atoms with Gasteiger partial charge in [-0.15, -0.1) is 0 Å². The average Bonchev–Trinajstić information content (AvgIpc) is 3.30. The van der Waals surface area contributed by atoms with Gasteiger partial charge in [-0.1, -0.05) is 23.5 Å². The van der Waals surface area contributed by atoms with Gasteiger partial charge in [0, 0.05) is 17.7 Å². The molecule has 1 atom stereocenters. The number of aryl methyl sites for hydroxylation is 1. The number of benzene rings is 1. The minimum Gasteiger partial charge on any atom is -0.463 e. The van der Waals surface area contributed by atoms with Gasteiger partial charge in [-0.25, -0.2) is 9.79 Å². The fourth-order valence-electron chi connectivity index (χ4n) is 3.64. The minimum absolute atomic E-state index is 0.0994. The summed E-state index contributed by atoms with van der Waals surface area (Å²) in [6.45, 7) is 5.11. The van der Waals surface area contributed by atoms with Crippen LogP contribution in [-0.2, 0) is 9.53 Å². The number of aromatic nitrogens is 1. The molecule has 9 nitrogen and oxygen atoms in total. The summed E-state index contributed by atoms with van der Waals surface area (Å²) in [6, 6.07) is 7.28. The molecule has 170 valence electrons. The van der Waals surface area contributed by atoms with Crippen LogP contribution < -0.4 is 14.9 Å². The summed E-state index contributed by atoms with van der Waals surface area (Å²) in [6.07, 6.45) is 1.62. The van der Waals surface area contributed by atoms with E-state index in [2.05, 4.69) is 4.99 Å². The predicted octanol–water partition coefficient (Wildman–Crippen LogP) is 3.21. The molecule has 1 aromatic carbocycles. The molecule has 0 aliphatic carbocycles. The summed E-state index contributed by atoms with van der Waals surface area (Å²) in [5, 5.41) is 11.6. The Kier molecular flexibility index (Phi) is 6.34. The van der Waals surface area contributed by atoms with Crippen LogP contribution in [0.4, 0.5) is 5.69 Å². The molecule has 0 spiro atoms. The highest BCUT2D eigenvalue weighted by Crippen LogP contribution is 2.33. The molecule has 0 amide bonds. The van der Waals surface area contributed by atoms with E-state index in [1.165, 1.54) is 10.6 Å². The van der Waals surface area contributed by atoms with Crippen molar-refractivity contribution in [3.63, 3.8) is 0 Å². The molecule has 2 aromatic heterocycles. The maximum Gasteiger partial charge on any atom is 0.338 e. The van der Waals surface area contributed by atoms with Gasteiger partial charge in [-0.3, -0.25) is 19.5 Å². The Morgan fingerprint density at radius 1 is 1.36 bits per heavy atom. The second-order valence-electron chi connectivity index (χ2n) is 7.25. The summed E-state index contributed by atoms with van der Waals surface area (Å²) < 4.78 is 13.2. The Balaban J connectivity index is 1.99. The second-order valence-corrected chi connectivity index (χ2v) is 9.32. The van der Waals surface area contributed by atoms with Gasteiger partial charge in [-0.05, 0) is 61.1 Å². The molecule has 3 heterocycles. The molecule has 4 rings (SSSR count). The van der Waals surface area contributed by atoms with Crippen molar-refractivity contribution < 1.29 is 18.9 Å². The number of carbonyl (C=O) groups is 1. The van der Waals surface area contributed by atoms with E-state index in [9.17, 15) is 19.7 Å². The number of allylic oxidation sites excluding steroid dienone is 1. The van der Waals surface area contributed by atoms with E-state index < -0.39 is 16.9 Å². The van der Waals surface area contributed by atoms with E-state index in [4.69, 9.17) is 9.15 Å². The van der Waals surface area contributed by atoms with Crippen molar-refractivity contribution in [2.75, 3.05) is 6.61 Å². The highest BCUT2D eigenvalue weighted by atomic mass is 127. The lowest BCUT2D eigenvalue weighted by Gasteiger charge is -2.24. The highest BCUT2D eigenvalue weighted by molar-refractivity contribution is 14.1. The first kappa shape index (κ1) is 23.1. The van der Waals surface area contributed by atoms with Crippen molar-refractivity contribution in [1.82, 2.24) is 4.57 Å². The topological polar surface area (TPSA) is 117 Å². The number of nitro groups is 1. The van der Waals surface area contributed by atoms with Crippen molar-refractivity contribution in [2.24, 2.45) is 4.99 Å². The summed E-state index contributed by atoms with van der Waals surface area (Å²) in [5.74, 6) is -0.115. The van der Waals surface area contributed by atoms with Crippen LogP contribution in [0.25, 0.3) is 6.08 Å². The average molecular weight is 579 g/mol. The van der Waals surface area contributed by atoms with Crippen molar-refractivity contribution in [2.45, 2.75) is 26.8 Å². The van der Waals surface area contributed by atoms with Gasteiger partial charge >= 0.3 is 5.97 Å². The third kappa shape index (κ3) is 4.29. The zero-order valence-corrected chi connectivity index (χ0v) is 20.8. The van der Waals surface area contributed by atoms with Crippen molar-refractivity contribution in [3.8, 4) is 0 Å². The van der Waals surface area contributed by atoms with Crippen LogP contribution >= 0.6 is 33.9 Å². The van der Waals surface area contributed by atoms with Crippen LogP contribution in [-0.4, -0.2) is 22.1 Å².